The Labute approximate surface area is 85.5 Å². The van der Waals surface area contributed by atoms with Gasteiger partial charge in [-0.05, 0) is 13.0 Å². The smallest absolute Gasteiger partial charge is 0.189 e. The summed E-state index contributed by atoms with van der Waals surface area (Å²) in [6.07, 6.45) is 0. The molecular formula is C11H10FNO2. The van der Waals surface area contributed by atoms with Gasteiger partial charge in [-0.15, -0.1) is 0 Å². The van der Waals surface area contributed by atoms with E-state index in [1.54, 1.807) is 6.92 Å². The van der Waals surface area contributed by atoms with Gasteiger partial charge in [0, 0.05) is 23.2 Å². The molecule has 1 aromatic carbocycles. The van der Waals surface area contributed by atoms with E-state index in [4.69, 9.17) is 4.74 Å². The predicted octanol–water partition coefficient (Wildman–Crippen LogP) is 1.98. The zero-order chi connectivity index (χ0) is 11.0. The molecule has 1 aromatic heterocycles. The number of nitrogens with one attached hydrogen (secondary N) is 1. The van der Waals surface area contributed by atoms with Crippen LogP contribution < -0.4 is 10.2 Å². The Morgan fingerprint density at radius 1 is 1.33 bits per heavy atom. The van der Waals surface area contributed by atoms with Crippen LogP contribution in [-0.2, 0) is 0 Å². The van der Waals surface area contributed by atoms with E-state index < -0.39 is 5.82 Å². The predicted molar refractivity (Wildman–Crippen MR) is 55.8 cm³/mol. The lowest BCUT2D eigenvalue weighted by molar-refractivity contribution is 0.387. The molecule has 2 aromatic rings. The van der Waals surface area contributed by atoms with Crippen LogP contribution in [0.5, 0.6) is 5.75 Å². The van der Waals surface area contributed by atoms with Gasteiger partial charge < -0.3 is 9.72 Å². The van der Waals surface area contributed by atoms with Gasteiger partial charge in [-0.3, -0.25) is 4.79 Å². The molecule has 0 aliphatic rings. The highest BCUT2D eigenvalue weighted by molar-refractivity contribution is 5.80. The van der Waals surface area contributed by atoms with Crippen LogP contribution in [-0.4, -0.2) is 12.1 Å². The average molecular weight is 207 g/mol. The summed E-state index contributed by atoms with van der Waals surface area (Å²) in [5.41, 5.74) is 1.05. The number of methoxy groups -OCH3 is 1. The number of aryl methyl sites for hydroxylation is 1. The standard InChI is InChI=1S/C11H10FNO2/c1-6-3-10(14)7-4-11(15-2)8(12)5-9(7)13-6/h3-5H,1-2H3,(H,13,14). The van der Waals surface area contributed by atoms with E-state index in [9.17, 15) is 9.18 Å². The number of pyridine rings is 1. The topological polar surface area (TPSA) is 42.1 Å². The van der Waals surface area contributed by atoms with Gasteiger partial charge >= 0.3 is 0 Å². The van der Waals surface area contributed by atoms with Crippen molar-refractivity contribution >= 4 is 10.9 Å². The van der Waals surface area contributed by atoms with Crippen molar-refractivity contribution in [2.24, 2.45) is 0 Å². The second-order valence-corrected chi connectivity index (χ2v) is 3.35. The van der Waals surface area contributed by atoms with Gasteiger partial charge in [-0.25, -0.2) is 4.39 Å². The van der Waals surface area contributed by atoms with E-state index in [0.717, 1.165) is 0 Å². The van der Waals surface area contributed by atoms with Gasteiger partial charge in [-0.2, -0.15) is 0 Å². The highest BCUT2D eigenvalue weighted by atomic mass is 19.1. The molecule has 0 saturated carbocycles. The Morgan fingerprint density at radius 3 is 2.73 bits per heavy atom. The molecule has 0 aliphatic carbocycles. The summed E-state index contributed by atoms with van der Waals surface area (Å²) in [6, 6.07) is 4.14. The van der Waals surface area contributed by atoms with Gasteiger partial charge in [0.2, 0.25) is 0 Å². The third-order valence-electron chi connectivity index (χ3n) is 2.24. The van der Waals surface area contributed by atoms with E-state index in [0.29, 0.717) is 16.6 Å². The van der Waals surface area contributed by atoms with Crippen LogP contribution in [0.3, 0.4) is 0 Å². The first kappa shape index (κ1) is 9.71. The van der Waals surface area contributed by atoms with Gasteiger partial charge in [0.15, 0.2) is 17.0 Å². The number of ether oxygens (including phenoxy) is 1. The van der Waals surface area contributed by atoms with Crippen LogP contribution >= 0.6 is 0 Å². The number of hydrogen-bond donors (Lipinski definition) is 1. The monoisotopic (exact) mass is 207 g/mol. The van der Waals surface area contributed by atoms with Crippen LogP contribution in [0.2, 0.25) is 0 Å². The maximum atomic E-state index is 13.3. The Morgan fingerprint density at radius 2 is 2.07 bits per heavy atom. The minimum absolute atomic E-state index is 0.0804. The largest absolute Gasteiger partial charge is 0.494 e. The molecule has 0 atom stereocenters. The second-order valence-electron chi connectivity index (χ2n) is 3.35. The van der Waals surface area contributed by atoms with E-state index in [2.05, 4.69) is 4.98 Å². The summed E-state index contributed by atoms with van der Waals surface area (Å²) in [7, 11) is 1.37. The summed E-state index contributed by atoms with van der Waals surface area (Å²) in [5, 5.41) is 0.429. The Bertz CT molecular complexity index is 575. The van der Waals surface area contributed by atoms with Crippen molar-refractivity contribution in [3.63, 3.8) is 0 Å². The lowest BCUT2D eigenvalue weighted by Crippen LogP contribution is -2.04. The van der Waals surface area contributed by atoms with Crippen molar-refractivity contribution in [3.8, 4) is 5.75 Å². The molecule has 0 unspecified atom stereocenters. The molecule has 0 amide bonds. The van der Waals surface area contributed by atoms with Gasteiger partial charge in [-0.1, -0.05) is 0 Å². The Kier molecular flexibility index (Phi) is 2.19. The summed E-state index contributed by atoms with van der Waals surface area (Å²) in [4.78, 5) is 14.5. The number of H-pyrrole nitrogens is 1. The number of benzene rings is 1. The maximum absolute atomic E-state index is 13.3. The van der Waals surface area contributed by atoms with Gasteiger partial charge in [0.1, 0.15) is 0 Å². The van der Waals surface area contributed by atoms with E-state index in [1.165, 1.54) is 25.3 Å². The van der Waals surface area contributed by atoms with Crippen LogP contribution in [0.15, 0.2) is 23.0 Å². The van der Waals surface area contributed by atoms with E-state index in [-0.39, 0.29) is 11.2 Å². The molecule has 0 aliphatic heterocycles. The molecule has 0 spiro atoms. The number of hydrogen-bond acceptors (Lipinski definition) is 2. The van der Waals surface area contributed by atoms with E-state index in [1.807, 2.05) is 0 Å². The van der Waals surface area contributed by atoms with Crippen molar-refractivity contribution in [2.75, 3.05) is 7.11 Å². The summed E-state index contributed by atoms with van der Waals surface area (Å²) in [5.74, 6) is -0.400. The number of rotatable bonds is 1. The van der Waals surface area contributed by atoms with Crippen LogP contribution in [0.1, 0.15) is 5.69 Å². The number of fused-ring (bicyclic) bond motifs is 1. The molecule has 3 nitrogen and oxygen atoms in total. The van der Waals surface area contributed by atoms with Gasteiger partial charge in [0.05, 0.1) is 12.6 Å². The second kappa shape index (κ2) is 3.38. The normalized spacial score (nSPS) is 10.6. The first-order valence-corrected chi connectivity index (χ1v) is 4.49. The molecule has 0 saturated heterocycles. The fourth-order valence-electron chi connectivity index (χ4n) is 1.54. The fraction of sp³-hybridized carbons (Fsp3) is 0.182. The molecular weight excluding hydrogens is 197 g/mol. The Balaban J connectivity index is 2.87. The highest BCUT2D eigenvalue weighted by Crippen LogP contribution is 2.21. The summed E-state index contributed by atoms with van der Waals surface area (Å²) in [6.45, 7) is 1.75. The zero-order valence-electron chi connectivity index (χ0n) is 8.43. The SMILES string of the molecule is COc1cc2c(=O)cc(C)[nH]c2cc1F. The van der Waals surface area contributed by atoms with Crippen LogP contribution in [0.25, 0.3) is 10.9 Å². The van der Waals surface area contributed by atoms with E-state index >= 15 is 0 Å². The first-order valence-electron chi connectivity index (χ1n) is 4.49. The fourth-order valence-corrected chi connectivity index (χ4v) is 1.54. The van der Waals surface area contributed by atoms with Crippen molar-refractivity contribution in [1.29, 1.82) is 0 Å². The average Bonchev–Trinajstić information content (AvgIpc) is 2.16. The molecule has 78 valence electrons. The molecule has 15 heavy (non-hydrogen) atoms. The number of aromatic nitrogens is 1. The summed E-state index contributed by atoms with van der Waals surface area (Å²) < 4.78 is 18.1. The lowest BCUT2D eigenvalue weighted by atomic mass is 10.2. The first-order chi connectivity index (χ1) is 7.11. The van der Waals surface area contributed by atoms with Gasteiger partial charge in [0.25, 0.3) is 0 Å². The minimum atomic E-state index is -0.480. The third kappa shape index (κ3) is 1.58. The van der Waals surface area contributed by atoms with Crippen molar-refractivity contribution in [1.82, 2.24) is 4.98 Å². The van der Waals surface area contributed by atoms with Crippen molar-refractivity contribution in [3.05, 3.63) is 39.9 Å². The molecule has 1 N–H and O–H groups in total. The molecule has 0 fully saturated rings. The van der Waals surface area contributed by atoms with Crippen molar-refractivity contribution in [2.45, 2.75) is 6.92 Å². The number of aromatic amines is 1. The molecule has 0 bridgehead atoms. The molecule has 4 heteroatoms. The third-order valence-corrected chi connectivity index (χ3v) is 2.24. The molecule has 2 rings (SSSR count). The minimum Gasteiger partial charge on any atom is -0.494 e. The van der Waals surface area contributed by atoms with Crippen molar-refractivity contribution < 1.29 is 9.13 Å². The van der Waals surface area contributed by atoms with Crippen LogP contribution in [0.4, 0.5) is 4.39 Å². The highest BCUT2D eigenvalue weighted by Gasteiger charge is 2.07. The quantitative estimate of drug-likeness (QED) is 0.776. The molecule has 0 radical (unpaired) electrons. The van der Waals surface area contributed by atoms with Crippen LogP contribution in [0, 0.1) is 12.7 Å². The maximum Gasteiger partial charge on any atom is 0.189 e. The number of halogens is 1. The zero-order valence-corrected chi connectivity index (χ0v) is 8.43. The summed E-state index contributed by atoms with van der Waals surface area (Å²) >= 11 is 0. The molecule has 1 heterocycles. The Hall–Kier alpha value is -1.84. The lowest BCUT2D eigenvalue weighted by Gasteiger charge is -2.04.